The number of rotatable bonds is 3. The largest absolute Gasteiger partial charge is 0.344 e. The molecule has 0 radical (unpaired) electrons. The molecule has 2 amide bonds. The summed E-state index contributed by atoms with van der Waals surface area (Å²) in [4.78, 5) is 27.7. The minimum atomic E-state index is -0.121. The van der Waals surface area contributed by atoms with Crippen molar-refractivity contribution in [1.29, 1.82) is 0 Å². The number of likely N-dealkylation sites (N-methyl/N-ethyl adjacent to an activating group) is 1. The van der Waals surface area contributed by atoms with Crippen molar-refractivity contribution in [3.8, 4) is 0 Å². The number of hydrogen-bond donors (Lipinski definition) is 1. The molecule has 1 aliphatic rings. The molecule has 1 aromatic rings. The van der Waals surface area contributed by atoms with Crippen LogP contribution in [0.3, 0.4) is 0 Å². The predicted molar refractivity (Wildman–Crippen MR) is 76.6 cm³/mol. The number of carbonyl (C=O) groups is 2. The quantitative estimate of drug-likeness (QED) is 0.836. The highest BCUT2D eigenvalue weighted by molar-refractivity contribution is 5.95. The zero-order valence-electron chi connectivity index (χ0n) is 12.3. The van der Waals surface area contributed by atoms with Crippen molar-refractivity contribution >= 4 is 11.8 Å². The molecule has 2 rings (SSSR count). The summed E-state index contributed by atoms with van der Waals surface area (Å²) >= 11 is 0. The second kappa shape index (κ2) is 6.09. The van der Waals surface area contributed by atoms with Gasteiger partial charge in [-0.05, 0) is 19.1 Å². The third-order valence-electron chi connectivity index (χ3n) is 3.78. The fourth-order valence-corrected chi connectivity index (χ4v) is 2.31. The number of piperazine rings is 1. The molecule has 0 unspecified atom stereocenters. The second-order valence-corrected chi connectivity index (χ2v) is 5.21. The lowest BCUT2D eigenvalue weighted by Gasteiger charge is -2.29. The number of amides is 2. The van der Waals surface area contributed by atoms with Gasteiger partial charge >= 0.3 is 0 Å². The fraction of sp³-hybridized carbons (Fsp3) is 0.571. The van der Waals surface area contributed by atoms with Gasteiger partial charge in [0.2, 0.25) is 5.91 Å². The van der Waals surface area contributed by atoms with Crippen molar-refractivity contribution in [1.82, 2.24) is 19.7 Å². The Morgan fingerprint density at radius 1 is 1.30 bits per heavy atom. The molecule has 1 N–H and O–H groups in total. The maximum Gasteiger partial charge on any atom is 0.270 e. The van der Waals surface area contributed by atoms with Crippen molar-refractivity contribution in [2.75, 3.05) is 39.8 Å². The summed E-state index contributed by atoms with van der Waals surface area (Å²) in [6, 6.07) is 3.70. The monoisotopic (exact) mass is 278 g/mol. The highest BCUT2D eigenvalue weighted by Crippen LogP contribution is 2.08. The van der Waals surface area contributed by atoms with Crippen LogP contribution in [0, 0.1) is 6.92 Å². The molecule has 0 aromatic carbocycles. The summed E-state index contributed by atoms with van der Waals surface area (Å²) in [5, 5.41) is 3.20. The Morgan fingerprint density at radius 3 is 2.50 bits per heavy atom. The van der Waals surface area contributed by atoms with Crippen LogP contribution in [0.1, 0.15) is 16.2 Å². The van der Waals surface area contributed by atoms with E-state index in [1.165, 1.54) is 4.90 Å². The molecule has 1 saturated heterocycles. The third kappa shape index (κ3) is 3.01. The summed E-state index contributed by atoms with van der Waals surface area (Å²) in [5.41, 5.74) is 1.63. The lowest BCUT2D eigenvalue weighted by atomic mass is 10.3. The topological polar surface area (TPSA) is 57.6 Å². The van der Waals surface area contributed by atoms with Crippen LogP contribution in [-0.4, -0.2) is 66.0 Å². The molecule has 0 spiro atoms. The van der Waals surface area contributed by atoms with E-state index >= 15 is 0 Å². The Bertz CT molecular complexity index is 503. The number of hydrogen-bond acceptors (Lipinski definition) is 3. The molecule has 110 valence electrons. The van der Waals surface area contributed by atoms with E-state index in [4.69, 9.17) is 0 Å². The van der Waals surface area contributed by atoms with E-state index in [2.05, 4.69) is 5.32 Å². The Morgan fingerprint density at radius 2 is 1.95 bits per heavy atom. The van der Waals surface area contributed by atoms with Crippen LogP contribution in [-0.2, 0) is 11.8 Å². The molecule has 0 saturated carbocycles. The molecule has 6 heteroatoms. The van der Waals surface area contributed by atoms with E-state index in [0.29, 0.717) is 18.8 Å². The van der Waals surface area contributed by atoms with Crippen LogP contribution in [0.5, 0.6) is 0 Å². The van der Waals surface area contributed by atoms with Gasteiger partial charge in [-0.15, -0.1) is 0 Å². The number of nitrogens with one attached hydrogen (secondary N) is 1. The summed E-state index contributed by atoms with van der Waals surface area (Å²) in [5.74, 6) is -0.114. The van der Waals surface area contributed by atoms with Gasteiger partial charge in [-0.1, -0.05) is 0 Å². The minimum Gasteiger partial charge on any atom is -0.344 e. The Hall–Kier alpha value is -1.82. The highest BCUT2D eigenvalue weighted by Gasteiger charge is 2.22. The molecule has 0 atom stereocenters. The molecule has 20 heavy (non-hydrogen) atoms. The van der Waals surface area contributed by atoms with Crippen molar-refractivity contribution in [2.45, 2.75) is 6.92 Å². The number of aromatic nitrogens is 1. The van der Waals surface area contributed by atoms with Crippen LogP contribution in [0.4, 0.5) is 0 Å². The van der Waals surface area contributed by atoms with Crippen LogP contribution in [0.25, 0.3) is 0 Å². The minimum absolute atomic E-state index is 0.00767. The average Bonchev–Trinajstić information content (AvgIpc) is 2.79. The molecular weight excluding hydrogens is 256 g/mol. The Kier molecular flexibility index (Phi) is 4.44. The van der Waals surface area contributed by atoms with Gasteiger partial charge in [0, 0.05) is 46.0 Å². The molecule has 0 aliphatic carbocycles. The first-order valence-electron chi connectivity index (χ1n) is 6.87. The summed E-state index contributed by atoms with van der Waals surface area (Å²) in [6.07, 6.45) is 0. The van der Waals surface area contributed by atoms with E-state index in [1.807, 2.05) is 24.6 Å². The van der Waals surface area contributed by atoms with Gasteiger partial charge in [0.1, 0.15) is 5.69 Å². The normalized spacial score (nSPS) is 15.2. The summed E-state index contributed by atoms with van der Waals surface area (Å²) in [7, 11) is 3.53. The fourth-order valence-electron chi connectivity index (χ4n) is 2.31. The van der Waals surface area contributed by atoms with E-state index in [0.717, 1.165) is 18.8 Å². The van der Waals surface area contributed by atoms with Gasteiger partial charge in [0.15, 0.2) is 0 Å². The van der Waals surface area contributed by atoms with Gasteiger partial charge in [-0.3, -0.25) is 9.59 Å². The molecule has 1 aromatic heterocycles. The van der Waals surface area contributed by atoms with Crippen LogP contribution >= 0.6 is 0 Å². The summed E-state index contributed by atoms with van der Waals surface area (Å²) in [6.45, 7) is 5.14. The molecule has 1 aliphatic heterocycles. The van der Waals surface area contributed by atoms with Gasteiger partial charge in [-0.2, -0.15) is 0 Å². The van der Waals surface area contributed by atoms with Crippen molar-refractivity contribution in [3.05, 3.63) is 23.5 Å². The van der Waals surface area contributed by atoms with Gasteiger partial charge in [-0.25, -0.2) is 0 Å². The van der Waals surface area contributed by atoms with E-state index in [-0.39, 0.29) is 18.4 Å². The zero-order valence-corrected chi connectivity index (χ0v) is 12.3. The number of carbonyl (C=O) groups excluding carboxylic acids is 2. The van der Waals surface area contributed by atoms with Gasteiger partial charge in [0.05, 0.1) is 6.54 Å². The van der Waals surface area contributed by atoms with E-state index in [1.54, 1.807) is 18.0 Å². The molecular formula is C14H22N4O2. The smallest absolute Gasteiger partial charge is 0.270 e. The van der Waals surface area contributed by atoms with Crippen molar-refractivity contribution < 1.29 is 9.59 Å². The first-order valence-corrected chi connectivity index (χ1v) is 6.87. The number of aryl methyl sites for hydroxylation is 1. The Balaban J connectivity index is 1.97. The van der Waals surface area contributed by atoms with E-state index in [9.17, 15) is 9.59 Å². The first kappa shape index (κ1) is 14.6. The van der Waals surface area contributed by atoms with Crippen LogP contribution < -0.4 is 5.32 Å². The summed E-state index contributed by atoms with van der Waals surface area (Å²) < 4.78 is 1.84. The lowest BCUT2D eigenvalue weighted by molar-refractivity contribution is -0.132. The average molecular weight is 278 g/mol. The van der Waals surface area contributed by atoms with Crippen molar-refractivity contribution in [3.63, 3.8) is 0 Å². The maximum absolute atomic E-state index is 12.3. The van der Waals surface area contributed by atoms with Crippen molar-refractivity contribution in [2.24, 2.45) is 7.05 Å². The maximum atomic E-state index is 12.3. The van der Waals surface area contributed by atoms with Crippen LogP contribution in [0.2, 0.25) is 0 Å². The SMILES string of the molecule is Cc1ccc(C(=O)N(C)CC(=O)N2CCNCC2)n1C. The predicted octanol–water partition coefficient (Wildman–Crippen LogP) is -0.163. The second-order valence-electron chi connectivity index (χ2n) is 5.21. The molecule has 1 fully saturated rings. The zero-order chi connectivity index (χ0) is 14.7. The van der Waals surface area contributed by atoms with Gasteiger partial charge < -0.3 is 19.7 Å². The standard InChI is InChI=1S/C14H22N4O2/c1-11-4-5-12(17(11)3)14(20)16(2)10-13(19)18-8-6-15-7-9-18/h4-5,15H,6-10H2,1-3H3. The first-order chi connectivity index (χ1) is 9.50. The number of nitrogens with zero attached hydrogens (tertiary/aromatic N) is 3. The lowest BCUT2D eigenvalue weighted by Crippen LogP contribution is -2.49. The highest BCUT2D eigenvalue weighted by atomic mass is 16.2. The van der Waals surface area contributed by atoms with Crippen LogP contribution in [0.15, 0.2) is 12.1 Å². The molecule has 6 nitrogen and oxygen atoms in total. The van der Waals surface area contributed by atoms with E-state index < -0.39 is 0 Å². The molecule has 2 heterocycles. The van der Waals surface area contributed by atoms with Gasteiger partial charge in [0.25, 0.3) is 5.91 Å². The Labute approximate surface area is 119 Å². The molecule has 0 bridgehead atoms. The third-order valence-corrected chi connectivity index (χ3v) is 3.78.